The number of carbonyl (C=O) groups excluding carboxylic acids is 2. The average Bonchev–Trinajstić information content (AvgIpc) is 2.44. The number of benzene rings is 1. The number of nitrogens with zero attached hydrogens (tertiary/aromatic N) is 1. The zero-order chi connectivity index (χ0) is 13.7. The van der Waals surface area contributed by atoms with Crippen molar-refractivity contribution in [1.29, 1.82) is 0 Å². The molecule has 1 aliphatic rings. The number of urea groups is 1. The molecule has 6 heteroatoms. The first-order chi connectivity index (χ1) is 9.22. The van der Waals surface area contributed by atoms with Crippen LogP contribution in [0, 0.1) is 0 Å². The van der Waals surface area contributed by atoms with Crippen LogP contribution in [0.5, 0.6) is 5.75 Å². The Morgan fingerprint density at radius 2 is 2.21 bits per heavy atom. The van der Waals surface area contributed by atoms with Gasteiger partial charge in [-0.25, -0.2) is 4.79 Å². The molecule has 0 aromatic heterocycles. The summed E-state index contributed by atoms with van der Waals surface area (Å²) in [6.45, 7) is 2.77. The third-order valence-electron chi connectivity index (χ3n) is 2.66. The van der Waals surface area contributed by atoms with E-state index in [0.29, 0.717) is 31.2 Å². The molecule has 0 aliphatic carbocycles. The van der Waals surface area contributed by atoms with Crippen LogP contribution in [-0.4, -0.2) is 38.3 Å². The number of fused-ring (bicyclic) bond motifs is 1. The first-order valence-electron chi connectivity index (χ1n) is 6.15. The first kappa shape index (κ1) is 13.2. The van der Waals surface area contributed by atoms with Crippen LogP contribution < -0.4 is 15.0 Å². The maximum absolute atomic E-state index is 12.0. The summed E-state index contributed by atoms with van der Waals surface area (Å²) in [4.78, 5) is 24.8. The number of esters is 1. The van der Waals surface area contributed by atoms with Crippen molar-refractivity contribution >= 4 is 17.7 Å². The highest BCUT2D eigenvalue weighted by Gasteiger charge is 2.23. The molecule has 0 fully saturated rings. The number of nitrogens with one attached hydrogen (secondary N) is 1. The van der Waals surface area contributed by atoms with Gasteiger partial charge in [-0.2, -0.15) is 0 Å². The van der Waals surface area contributed by atoms with Crippen molar-refractivity contribution in [2.75, 3.05) is 31.2 Å². The molecule has 1 aliphatic heterocycles. The van der Waals surface area contributed by atoms with Gasteiger partial charge in [-0.1, -0.05) is 12.1 Å². The molecular weight excluding hydrogens is 248 g/mol. The minimum absolute atomic E-state index is 0.133. The Labute approximate surface area is 111 Å². The van der Waals surface area contributed by atoms with Gasteiger partial charge in [0.2, 0.25) is 0 Å². The van der Waals surface area contributed by atoms with Crippen molar-refractivity contribution in [1.82, 2.24) is 5.32 Å². The Morgan fingerprint density at radius 1 is 1.42 bits per heavy atom. The number of ether oxygens (including phenoxy) is 2. The number of anilines is 1. The molecule has 0 saturated carbocycles. The van der Waals surface area contributed by atoms with Crippen LogP contribution in [0.3, 0.4) is 0 Å². The predicted octanol–water partition coefficient (Wildman–Crippen LogP) is 1.16. The third-order valence-corrected chi connectivity index (χ3v) is 2.66. The van der Waals surface area contributed by atoms with E-state index in [9.17, 15) is 9.59 Å². The zero-order valence-electron chi connectivity index (χ0n) is 10.7. The second-order valence-corrected chi connectivity index (χ2v) is 3.93. The molecule has 0 saturated heterocycles. The Hall–Kier alpha value is -2.24. The summed E-state index contributed by atoms with van der Waals surface area (Å²) in [6.07, 6.45) is 0. The third kappa shape index (κ3) is 3.15. The topological polar surface area (TPSA) is 67.9 Å². The van der Waals surface area contributed by atoms with E-state index in [1.165, 1.54) is 0 Å². The van der Waals surface area contributed by atoms with Crippen molar-refractivity contribution in [2.45, 2.75) is 6.92 Å². The number of amides is 2. The van der Waals surface area contributed by atoms with Crippen LogP contribution in [-0.2, 0) is 9.53 Å². The standard InChI is InChI=1S/C13H16N2O4/c1-2-18-12(16)9-14-13(17)15-7-8-19-11-6-4-3-5-10(11)15/h3-6H,2,7-9H2,1H3,(H,14,17). The van der Waals surface area contributed by atoms with Gasteiger partial charge >= 0.3 is 12.0 Å². The molecule has 2 amide bonds. The molecule has 19 heavy (non-hydrogen) atoms. The molecule has 0 radical (unpaired) electrons. The van der Waals surface area contributed by atoms with Crippen LogP contribution in [0.1, 0.15) is 6.92 Å². The fourth-order valence-electron chi connectivity index (χ4n) is 1.84. The van der Waals surface area contributed by atoms with E-state index >= 15 is 0 Å². The van der Waals surface area contributed by atoms with Crippen molar-refractivity contribution < 1.29 is 19.1 Å². The maximum Gasteiger partial charge on any atom is 0.325 e. The molecule has 1 N–H and O–H groups in total. The monoisotopic (exact) mass is 264 g/mol. The zero-order valence-corrected chi connectivity index (χ0v) is 10.7. The number of hydrogen-bond acceptors (Lipinski definition) is 4. The van der Waals surface area contributed by atoms with Gasteiger partial charge in [0, 0.05) is 0 Å². The van der Waals surface area contributed by atoms with E-state index in [4.69, 9.17) is 9.47 Å². The molecule has 0 spiro atoms. The number of hydrogen-bond donors (Lipinski definition) is 1. The van der Waals surface area contributed by atoms with Crippen LogP contribution in [0.15, 0.2) is 24.3 Å². The molecule has 6 nitrogen and oxygen atoms in total. The molecular formula is C13H16N2O4. The predicted molar refractivity (Wildman–Crippen MR) is 69.3 cm³/mol. The summed E-state index contributed by atoms with van der Waals surface area (Å²) in [6, 6.07) is 6.96. The smallest absolute Gasteiger partial charge is 0.325 e. The van der Waals surface area contributed by atoms with Gasteiger partial charge in [0.1, 0.15) is 18.9 Å². The fourth-order valence-corrected chi connectivity index (χ4v) is 1.84. The summed E-state index contributed by atoms with van der Waals surface area (Å²) < 4.78 is 10.2. The second kappa shape index (κ2) is 6.08. The SMILES string of the molecule is CCOC(=O)CNC(=O)N1CCOc2ccccc21. The lowest BCUT2D eigenvalue weighted by molar-refractivity contribution is -0.141. The Balaban J connectivity index is 1.99. The average molecular weight is 264 g/mol. The lowest BCUT2D eigenvalue weighted by Gasteiger charge is -2.29. The molecule has 0 bridgehead atoms. The molecule has 2 rings (SSSR count). The Morgan fingerprint density at radius 3 is 3.00 bits per heavy atom. The minimum atomic E-state index is -0.447. The highest BCUT2D eigenvalue weighted by atomic mass is 16.5. The molecule has 1 aromatic rings. The number of para-hydroxylation sites is 2. The quantitative estimate of drug-likeness (QED) is 0.832. The largest absolute Gasteiger partial charge is 0.490 e. The fraction of sp³-hybridized carbons (Fsp3) is 0.385. The van der Waals surface area contributed by atoms with E-state index in [1.54, 1.807) is 24.0 Å². The van der Waals surface area contributed by atoms with E-state index in [1.807, 2.05) is 12.1 Å². The van der Waals surface area contributed by atoms with Crippen molar-refractivity contribution in [3.05, 3.63) is 24.3 Å². The summed E-state index contributed by atoms with van der Waals surface area (Å²) in [5.41, 5.74) is 0.704. The van der Waals surface area contributed by atoms with Crippen LogP contribution >= 0.6 is 0 Å². The van der Waals surface area contributed by atoms with E-state index < -0.39 is 5.97 Å². The van der Waals surface area contributed by atoms with E-state index in [-0.39, 0.29) is 12.6 Å². The van der Waals surface area contributed by atoms with Gasteiger partial charge in [-0.15, -0.1) is 0 Å². The Kier molecular flexibility index (Phi) is 4.22. The maximum atomic E-state index is 12.0. The number of carbonyl (C=O) groups is 2. The summed E-state index contributed by atoms with van der Waals surface area (Å²) in [7, 11) is 0. The molecule has 0 atom stereocenters. The van der Waals surface area contributed by atoms with Crippen LogP contribution in [0.2, 0.25) is 0 Å². The van der Waals surface area contributed by atoms with Crippen LogP contribution in [0.25, 0.3) is 0 Å². The van der Waals surface area contributed by atoms with Crippen molar-refractivity contribution in [2.24, 2.45) is 0 Å². The normalized spacial score (nSPS) is 13.2. The van der Waals surface area contributed by atoms with Crippen molar-refractivity contribution in [3.63, 3.8) is 0 Å². The van der Waals surface area contributed by atoms with Gasteiger partial charge in [0.05, 0.1) is 18.8 Å². The molecule has 102 valence electrons. The lowest BCUT2D eigenvalue weighted by atomic mass is 10.2. The molecule has 1 aromatic carbocycles. The highest BCUT2D eigenvalue weighted by Crippen LogP contribution is 2.30. The van der Waals surface area contributed by atoms with Gasteiger partial charge < -0.3 is 14.8 Å². The van der Waals surface area contributed by atoms with Crippen LogP contribution in [0.4, 0.5) is 10.5 Å². The summed E-state index contributed by atoms with van der Waals surface area (Å²) in [5, 5.41) is 2.53. The second-order valence-electron chi connectivity index (χ2n) is 3.93. The molecule has 0 unspecified atom stereocenters. The summed E-state index contributed by atoms with van der Waals surface area (Å²) >= 11 is 0. The highest BCUT2D eigenvalue weighted by molar-refractivity contribution is 5.95. The van der Waals surface area contributed by atoms with Gasteiger partial charge in [-0.3, -0.25) is 9.69 Å². The first-order valence-corrected chi connectivity index (χ1v) is 6.15. The minimum Gasteiger partial charge on any atom is -0.490 e. The van der Waals surface area contributed by atoms with E-state index in [2.05, 4.69) is 5.32 Å². The summed E-state index contributed by atoms with van der Waals surface area (Å²) in [5.74, 6) is 0.220. The van der Waals surface area contributed by atoms with Gasteiger partial charge in [0.25, 0.3) is 0 Å². The Bertz CT molecular complexity index is 475. The van der Waals surface area contributed by atoms with Gasteiger partial charge in [0.15, 0.2) is 0 Å². The molecule has 1 heterocycles. The number of rotatable bonds is 3. The van der Waals surface area contributed by atoms with E-state index in [0.717, 1.165) is 0 Å². The van der Waals surface area contributed by atoms with Crippen molar-refractivity contribution in [3.8, 4) is 5.75 Å². The lowest BCUT2D eigenvalue weighted by Crippen LogP contribution is -2.46. The van der Waals surface area contributed by atoms with Gasteiger partial charge in [-0.05, 0) is 19.1 Å².